The summed E-state index contributed by atoms with van der Waals surface area (Å²) in [5.41, 5.74) is 2.36. The van der Waals surface area contributed by atoms with Gasteiger partial charge in [0.05, 0.1) is 29.6 Å². The van der Waals surface area contributed by atoms with Crippen LogP contribution < -0.4 is 4.74 Å². The Labute approximate surface area is 174 Å². The van der Waals surface area contributed by atoms with E-state index < -0.39 is 0 Å². The molecule has 28 heavy (non-hydrogen) atoms. The summed E-state index contributed by atoms with van der Waals surface area (Å²) in [5, 5.41) is 16.7. The molecule has 0 aliphatic rings. The summed E-state index contributed by atoms with van der Waals surface area (Å²) >= 11 is 11.9. The van der Waals surface area contributed by atoms with Crippen molar-refractivity contribution >= 4 is 30.0 Å². The lowest BCUT2D eigenvalue weighted by Crippen LogP contribution is -2.06. The summed E-state index contributed by atoms with van der Waals surface area (Å²) in [6.07, 6.45) is 1.67. The number of rotatable bonds is 7. The van der Waals surface area contributed by atoms with Crippen molar-refractivity contribution in [3.05, 3.63) is 45.4 Å². The Hall–Kier alpha value is -2.45. The van der Waals surface area contributed by atoms with Gasteiger partial charge in [0.1, 0.15) is 10.9 Å². The number of para-hydroxylation sites is 1. The smallest absolute Gasteiger partial charge is 0.216 e. The highest BCUT2D eigenvalue weighted by molar-refractivity contribution is 7.71. The molecular weight excluding hydrogens is 396 g/mol. The molecule has 0 aliphatic heterocycles. The first-order valence-corrected chi connectivity index (χ1v) is 9.87. The Morgan fingerprint density at radius 2 is 2.11 bits per heavy atom. The van der Waals surface area contributed by atoms with E-state index in [1.807, 2.05) is 38.1 Å². The lowest BCUT2D eigenvalue weighted by molar-refractivity contribution is 0.341. The van der Waals surface area contributed by atoms with Crippen LogP contribution in [0, 0.1) is 17.6 Å². The number of aromatic nitrogens is 5. The molecule has 7 nitrogen and oxygen atoms in total. The first-order chi connectivity index (χ1) is 13.4. The number of halogens is 1. The SMILES string of the molecule is CCOc1ccccc1-c1n[nH]c(=S)n1N=Cc1c(C)nn(CC(C)C)c1Cl. The van der Waals surface area contributed by atoms with E-state index in [4.69, 9.17) is 28.6 Å². The van der Waals surface area contributed by atoms with E-state index in [1.54, 1.807) is 15.6 Å². The normalized spacial score (nSPS) is 11.6. The lowest BCUT2D eigenvalue weighted by atomic mass is 10.2. The largest absolute Gasteiger partial charge is 0.493 e. The number of H-pyrrole nitrogens is 1. The fourth-order valence-electron chi connectivity index (χ4n) is 2.80. The summed E-state index contributed by atoms with van der Waals surface area (Å²) in [7, 11) is 0. The number of aryl methyl sites for hydroxylation is 1. The molecule has 0 unspecified atom stereocenters. The Morgan fingerprint density at radius 3 is 2.82 bits per heavy atom. The van der Waals surface area contributed by atoms with Gasteiger partial charge in [-0.3, -0.25) is 4.68 Å². The van der Waals surface area contributed by atoms with E-state index in [0.717, 1.165) is 29.1 Å². The molecule has 2 heterocycles. The molecule has 2 aromatic heterocycles. The number of aromatic amines is 1. The minimum absolute atomic E-state index is 0.376. The molecule has 0 spiro atoms. The maximum Gasteiger partial charge on any atom is 0.216 e. The molecule has 9 heteroatoms. The molecule has 0 bridgehead atoms. The van der Waals surface area contributed by atoms with Crippen LogP contribution in [-0.4, -0.2) is 37.5 Å². The Balaban J connectivity index is 2.01. The third-order valence-corrected chi connectivity index (χ3v) is 4.69. The summed E-state index contributed by atoms with van der Waals surface area (Å²) in [6, 6.07) is 7.64. The Bertz CT molecular complexity index is 1050. The van der Waals surface area contributed by atoms with Gasteiger partial charge in [-0.25, -0.2) is 5.10 Å². The topological polar surface area (TPSA) is 73.0 Å². The van der Waals surface area contributed by atoms with Crippen molar-refractivity contribution in [3.63, 3.8) is 0 Å². The summed E-state index contributed by atoms with van der Waals surface area (Å²) in [4.78, 5) is 0. The average Bonchev–Trinajstić information content (AvgIpc) is 3.13. The zero-order chi connectivity index (χ0) is 20.3. The van der Waals surface area contributed by atoms with Crippen molar-refractivity contribution in [3.8, 4) is 17.1 Å². The number of benzene rings is 1. The highest BCUT2D eigenvalue weighted by atomic mass is 35.5. The fourth-order valence-corrected chi connectivity index (χ4v) is 3.27. The highest BCUT2D eigenvalue weighted by Gasteiger charge is 2.15. The first-order valence-electron chi connectivity index (χ1n) is 9.09. The first kappa shape index (κ1) is 20.3. The standard InChI is InChI=1S/C19H23ClN6OS/c1-5-27-16-9-7-6-8-14(16)18-22-23-19(28)26(18)21-10-15-13(4)24-25(17(15)20)11-12(2)3/h6-10,12H,5,11H2,1-4H3,(H,23,28). The van der Waals surface area contributed by atoms with E-state index in [0.29, 0.717) is 28.3 Å². The van der Waals surface area contributed by atoms with Crippen LogP contribution in [0.3, 0.4) is 0 Å². The second-order valence-corrected chi connectivity index (χ2v) is 7.45. The van der Waals surface area contributed by atoms with Gasteiger partial charge in [0.15, 0.2) is 5.82 Å². The minimum atomic E-state index is 0.376. The third-order valence-electron chi connectivity index (χ3n) is 4.03. The maximum atomic E-state index is 6.51. The monoisotopic (exact) mass is 418 g/mol. The van der Waals surface area contributed by atoms with Crippen LogP contribution in [0.5, 0.6) is 5.75 Å². The molecule has 1 N–H and O–H groups in total. The van der Waals surface area contributed by atoms with Crippen molar-refractivity contribution < 1.29 is 4.74 Å². The molecule has 0 saturated carbocycles. The molecular formula is C19H23ClN6OS. The summed E-state index contributed by atoms with van der Waals surface area (Å²) in [5.74, 6) is 1.72. The van der Waals surface area contributed by atoms with Crippen LogP contribution in [0.15, 0.2) is 29.4 Å². The summed E-state index contributed by atoms with van der Waals surface area (Å²) < 4.78 is 9.44. The van der Waals surface area contributed by atoms with Crippen molar-refractivity contribution in [1.29, 1.82) is 0 Å². The van der Waals surface area contributed by atoms with E-state index in [1.165, 1.54) is 0 Å². The second-order valence-electron chi connectivity index (χ2n) is 6.70. The minimum Gasteiger partial charge on any atom is -0.493 e. The predicted octanol–water partition coefficient (Wildman–Crippen LogP) is 4.70. The highest BCUT2D eigenvalue weighted by Crippen LogP contribution is 2.28. The van der Waals surface area contributed by atoms with Crippen LogP contribution >= 0.6 is 23.8 Å². The van der Waals surface area contributed by atoms with E-state index >= 15 is 0 Å². The zero-order valence-electron chi connectivity index (χ0n) is 16.3. The van der Waals surface area contributed by atoms with Crippen molar-refractivity contribution in [2.75, 3.05) is 6.61 Å². The average molecular weight is 419 g/mol. The van der Waals surface area contributed by atoms with Gasteiger partial charge in [-0.05, 0) is 44.1 Å². The van der Waals surface area contributed by atoms with E-state index in [2.05, 4.69) is 34.2 Å². The van der Waals surface area contributed by atoms with Crippen LogP contribution in [0.25, 0.3) is 11.4 Å². The number of hydrogen-bond donors (Lipinski definition) is 1. The third kappa shape index (κ3) is 4.18. The Kier molecular flexibility index (Phi) is 6.31. The summed E-state index contributed by atoms with van der Waals surface area (Å²) in [6.45, 7) is 9.37. The van der Waals surface area contributed by atoms with Gasteiger partial charge in [-0.2, -0.15) is 20.0 Å². The van der Waals surface area contributed by atoms with Crippen LogP contribution in [-0.2, 0) is 6.54 Å². The van der Waals surface area contributed by atoms with Gasteiger partial charge >= 0.3 is 0 Å². The van der Waals surface area contributed by atoms with Crippen LogP contribution in [0.2, 0.25) is 5.15 Å². The van der Waals surface area contributed by atoms with Crippen molar-refractivity contribution in [1.82, 2.24) is 24.7 Å². The number of ether oxygens (including phenoxy) is 1. The molecule has 0 saturated heterocycles. The van der Waals surface area contributed by atoms with Crippen molar-refractivity contribution in [2.24, 2.45) is 11.0 Å². The fraction of sp³-hybridized carbons (Fsp3) is 0.368. The van der Waals surface area contributed by atoms with E-state index in [9.17, 15) is 0 Å². The van der Waals surface area contributed by atoms with Crippen LogP contribution in [0.4, 0.5) is 0 Å². The van der Waals surface area contributed by atoms with Gasteiger partial charge in [0.2, 0.25) is 4.77 Å². The quantitative estimate of drug-likeness (QED) is 0.445. The molecule has 3 aromatic rings. The molecule has 0 atom stereocenters. The number of nitrogens with zero attached hydrogens (tertiary/aromatic N) is 5. The van der Waals surface area contributed by atoms with Crippen molar-refractivity contribution in [2.45, 2.75) is 34.2 Å². The zero-order valence-corrected chi connectivity index (χ0v) is 17.9. The lowest BCUT2D eigenvalue weighted by Gasteiger charge is -2.08. The van der Waals surface area contributed by atoms with Gasteiger partial charge in [0, 0.05) is 6.54 Å². The number of hydrogen-bond acceptors (Lipinski definition) is 5. The van der Waals surface area contributed by atoms with E-state index in [-0.39, 0.29) is 0 Å². The molecule has 3 rings (SSSR count). The van der Waals surface area contributed by atoms with Gasteiger partial charge in [-0.15, -0.1) is 0 Å². The molecule has 0 aliphatic carbocycles. The predicted molar refractivity (Wildman–Crippen MR) is 114 cm³/mol. The van der Waals surface area contributed by atoms with Gasteiger partial charge < -0.3 is 4.74 Å². The second kappa shape index (κ2) is 8.70. The molecule has 0 radical (unpaired) electrons. The Morgan fingerprint density at radius 1 is 1.36 bits per heavy atom. The molecule has 1 aromatic carbocycles. The van der Waals surface area contributed by atoms with Crippen LogP contribution in [0.1, 0.15) is 32.0 Å². The van der Waals surface area contributed by atoms with Gasteiger partial charge in [-0.1, -0.05) is 37.6 Å². The number of nitrogens with one attached hydrogen (secondary N) is 1. The molecule has 0 amide bonds. The molecule has 0 fully saturated rings. The maximum absolute atomic E-state index is 6.51. The molecule has 148 valence electrons. The van der Waals surface area contributed by atoms with Gasteiger partial charge in [0.25, 0.3) is 0 Å².